The van der Waals surface area contributed by atoms with Crippen LogP contribution in [-0.4, -0.2) is 55.6 Å². The van der Waals surface area contributed by atoms with Crippen molar-refractivity contribution in [3.63, 3.8) is 0 Å². The number of carbonyl (C=O) groups excluding carboxylic acids is 1. The summed E-state index contributed by atoms with van der Waals surface area (Å²) in [6.45, 7) is 5.37. The van der Waals surface area contributed by atoms with Gasteiger partial charge in [-0.05, 0) is 26.1 Å². The number of ether oxygens (including phenoxy) is 1. The predicted octanol–water partition coefficient (Wildman–Crippen LogP) is 1.52. The van der Waals surface area contributed by atoms with Gasteiger partial charge in [-0.15, -0.1) is 0 Å². The van der Waals surface area contributed by atoms with Crippen molar-refractivity contribution in [2.45, 2.75) is 6.92 Å². The van der Waals surface area contributed by atoms with Gasteiger partial charge < -0.3 is 14.5 Å². The highest BCUT2D eigenvalue weighted by molar-refractivity contribution is 5.95. The van der Waals surface area contributed by atoms with Gasteiger partial charge in [0.25, 0.3) is 5.69 Å². The Bertz CT molecular complexity index is 539. The zero-order valence-electron chi connectivity index (χ0n) is 12.2. The molecule has 1 aromatic rings. The first-order valence-corrected chi connectivity index (χ1v) is 6.92. The summed E-state index contributed by atoms with van der Waals surface area (Å²) in [4.78, 5) is 26.7. The van der Waals surface area contributed by atoms with Gasteiger partial charge in [-0.2, -0.15) is 0 Å². The summed E-state index contributed by atoms with van der Waals surface area (Å²) >= 11 is 0. The molecule has 0 bridgehead atoms. The van der Waals surface area contributed by atoms with E-state index in [1.54, 1.807) is 19.1 Å². The van der Waals surface area contributed by atoms with Crippen LogP contribution in [0, 0.1) is 10.1 Å². The molecule has 7 heteroatoms. The molecule has 0 amide bonds. The second-order valence-electron chi connectivity index (χ2n) is 4.97. The van der Waals surface area contributed by atoms with Crippen molar-refractivity contribution in [3.8, 4) is 0 Å². The molecule has 0 saturated carbocycles. The number of hydrogen-bond donors (Lipinski definition) is 0. The predicted molar refractivity (Wildman–Crippen MR) is 78.8 cm³/mol. The lowest BCUT2D eigenvalue weighted by atomic mass is 10.1. The molecule has 114 valence electrons. The fraction of sp³-hybridized carbons (Fsp3) is 0.500. The Morgan fingerprint density at radius 3 is 2.57 bits per heavy atom. The quantitative estimate of drug-likeness (QED) is 0.476. The van der Waals surface area contributed by atoms with Crippen molar-refractivity contribution < 1.29 is 14.5 Å². The number of esters is 1. The Kier molecular flexibility index (Phi) is 4.74. The van der Waals surface area contributed by atoms with Crippen LogP contribution in [0.25, 0.3) is 0 Å². The monoisotopic (exact) mass is 293 g/mol. The maximum Gasteiger partial charge on any atom is 0.345 e. The highest BCUT2D eigenvalue weighted by Gasteiger charge is 2.24. The average Bonchev–Trinajstić information content (AvgIpc) is 2.47. The van der Waals surface area contributed by atoms with Crippen LogP contribution in [0.15, 0.2) is 18.2 Å². The number of rotatable bonds is 4. The van der Waals surface area contributed by atoms with Crippen molar-refractivity contribution in [2.24, 2.45) is 0 Å². The van der Waals surface area contributed by atoms with E-state index < -0.39 is 10.9 Å². The van der Waals surface area contributed by atoms with Gasteiger partial charge in [0, 0.05) is 37.9 Å². The van der Waals surface area contributed by atoms with Gasteiger partial charge in [-0.1, -0.05) is 0 Å². The number of nitro groups is 1. The van der Waals surface area contributed by atoms with Crippen LogP contribution in [-0.2, 0) is 4.74 Å². The minimum absolute atomic E-state index is 0.0123. The minimum atomic E-state index is -0.653. The third-order valence-corrected chi connectivity index (χ3v) is 3.54. The molecular formula is C14H19N3O4. The number of benzene rings is 1. The standard InChI is InChI=1S/C14H19N3O4/c1-3-21-14(18)12-10-11(4-5-13(12)17(19)20)16-8-6-15(2)7-9-16/h4-5,10H,3,6-9H2,1-2H3. The normalized spacial score (nSPS) is 15.8. The van der Waals surface area contributed by atoms with Crippen molar-refractivity contribution in [2.75, 3.05) is 44.7 Å². The number of hydrogen-bond acceptors (Lipinski definition) is 6. The first kappa shape index (κ1) is 15.2. The van der Waals surface area contributed by atoms with Gasteiger partial charge in [-0.25, -0.2) is 4.79 Å². The number of likely N-dealkylation sites (N-methyl/N-ethyl adjacent to an activating group) is 1. The summed E-state index contributed by atoms with van der Waals surface area (Å²) in [5.74, 6) is -0.653. The van der Waals surface area contributed by atoms with Gasteiger partial charge in [0.15, 0.2) is 0 Å². The molecule has 1 aliphatic rings. The topological polar surface area (TPSA) is 75.9 Å². The number of piperazine rings is 1. The Morgan fingerprint density at radius 2 is 2.00 bits per heavy atom. The van der Waals surface area contributed by atoms with E-state index in [-0.39, 0.29) is 17.9 Å². The van der Waals surface area contributed by atoms with Gasteiger partial charge >= 0.3 is 5.97 Å². The van der Waals surface area contributed by atoms with Gasteiger partial charge in [0.1, 0.15) is 5.56 Å². The fourth-order valence-corrected chi connectivity index (χ4v) is 2.32. The van der Waals surface area contributed by atoms with Crippen LogP contribution < -0.4 is 4.90 Å². The number of nitro benzene ring substituents is 1. The maximum absolute atomic E-state index is 11.9. The molecule has 1 aliphatic heterocycles. The highest BCUT2D eigenvalue weighted by atomic mass is 16.6. The number of carbonyl (C=O) groups is 1. The first-order valence-electron chi connectivity index (χ1n) is 6.92. The third kappa shape index (κ3) is 3.49. The molecule has 7 nitrogen and oxygen atoms in total. The summed E-state index contributed by atoms with van der Waals surface area (Å²) in [7, 11) is 2.05. The highest BCUT2D eigenvalue weighted by Crippen LogP contribution is 2.26. The van der Waals surface area contributed by atoms with Crippen molar-refractivity contribution in [3.05, 3.63) is 33.9 Å². The lowest BCUT2D eigenvalue weighted by Crippen LogP contribution is -2.44. The summed E-state index contributed by atoms with van der Waals surface area (Å²) in [5, 5.41) is 11.0. The molecular weight excluding hydrogens is 274 g/mol. The van der Waals surface area contributed by atoms with E-state index in [0.29, 0.717) is 0 Å². The molecule has 21 heavy (non-hydrogen) atoms. The lowest BCUT2D eigenvalue weighted by molar-refractivity contribution is -0.385. The number of nitrogens with zero attached hydrogens (tertiary/aromatic N) is 3. The van der Waals surface area contributed by atoms with Crippen LogP contribution in [0.1, 0.15) is 17.3 Å². The molecule has 0 spiro atoms. The van der Waals surface area contributed by atoms with Gasteiger partial charge in [-0.3, -0.25) is 10.1 Å². The first-order chi connectivity index (χ1) is 10.0. The zero-order chi connectivity index (χ0) is 15.4. The second-order valence-corrected chi connectivity index (χ2v) is 4.97. The Hall–Kier alpha value is -2.15. The van der Waals surface area contributed by atoms with Gasteiger partial charge in [0.2, 0.25) is 0 Å². The van der Waals surface area contributed by atoms with E-state index in [9.17, 15) is 14.9 Å². The maximum atomic E-state index is 11.9. The van der Waals surface area contributed by atoms with Crippen LogP contribution in [0.5, 0.6) is 0 Å². The van der Waals surface area contributed by atoms with Crippen LogP contribution in [0.4, 0.5) is 11.4 Å². The third-order valence-electron chi connectivity index (χ3n) is 3.54. The van der Waals surface area contributed by atoms with E-state index in [4.69, 9.17) is 4.74 Å². The molecule has 1 heterocycles. The SMILES string of the molecule is CCOC(=O)c1cc(N2CCN(C)CC2)ccc1[N+](=O)[O-]. The van der Waals surface area contributed by atoms with Crippen molar-refractivity contribution >= 4 is 17.3 Å². The fourth-order valence-electron chi connectivity index (χ4n) is 2.32. The molecule has 1 aromatic carbocycles. The molecule has 0 atom stereocenters. The van der Waals surface area contributed by atoms with E-state index >= 15 is 0 Å². The molecule has 2 rings (SSSR count). The zero-order valence-corrected chi connectivity index (χ0v) is 12.2. The van der Waals surface area contributed by atoms with Gasteiger partial charge in [0.05, 0.1) is 11.5 Å². The molecule has 1 fully saturated rings. The van der Waals surface area contributed by atoms with Crippen molar-refractivity contribution in [1.29, 1.82) is 0 Å². The van der Waals surface area contributed by atoms with E-state index in [0.717, 1.165) is 31.9 Å². The molecule has 0 unspecified atom stereocenters. The van der Waals surface area contributed by atoms with Crippen LogP contribution in [0.3, 0.4) is 0 Å². The summed E-state index contributed by atoms with van der Waals surface area (Å²) in [5.41, 5.74) is 0.612. The largest absolute Gasteiger partial charge is 0.462 e. The minimum Gasteiger partial charge on any atom is -0.462 e. The van der Waals surface area contributed by atoms with Crippen molar-refractivity contribution in [1.82, 2.24) is 4.90 Å². The number of anilines is 1. The molecule has 0 radical (unpaired) electrons. The molecule has 0 aromatic heterocycles. The Morgan fingerprint density at radius 1 is 1.33 bits per heavy atom. The molecule has 0 aliphatic carbocycles. The van der Waals surface area contributed by atoms with Crippen LogP contribution >= 0.6 is 0 Å². The lowest BCUT2D eigenvalue weighted by Gasteiger charge is -2.34. The summed E-state index contributed by atoms with van der Waals surface area (Å²) in [6.07, 6.45) is 0. The van der Waals surface area contributed by atoms with Crippen LogP contribution in [0.2, 0.25) is 0 Å². The average molecular weight is 293 g/mol. The Balaban J connectivity index is 2.30. The molecule has 1 saturated heterocycles. The van der Waals surface area contributed by atoms with E-state index in [1.165, 1.54) is 6.07 Å². The Labute approximate surface area is 123 Å². The molecule has 0 N–H and O–H groups in total. The van der Waals surface area contributed by atoms with E-state index in [2.05, 4.69) is 16.8 Å². The second kappa shape index (κ2) is 6.53. The summed E-state index contributed by atoms with van der Waals surface area (Å²) in [6, 6.07) is 4.62. The van der Waals surface area contributed by atoms with E-state index in [1.807, 2.05) is 0 Å². The smallest absolute Gasteiger partial charge is 0.345 e. The summed E-state index contributed by atoms with van der Waals surface area (Å²) < 4.78 is 4.91.